The van der Waals surface area contributed by atoms with Crippen LogP contribution in [0.3, 0.4) is 0 Å². The summed E-state index contributed by atoms with van der Waals surface area (Å²) in [5.41, 5.74) is 0. The molecule has 0 spiro atoms. The third-order valence-electron chi connectivity index (χ3n) is 1.67. The quantitative estimate of drug-likeness (QED) is 0.851. The van der Waals surface area contributed by atoms with Crippen molar-refractivity contribution in [2.45, 2.75) is 19.9 Å². The second kappa shape index (κ2) is 5.81. The summed E-state index contributed by atoms with van der Waals surface area (Å²) in [7, 11) is 0. The molecule has 16 heavy (non-hydrogen) atoms. The zero-order valence-electron chi connectivity index (χ0n) is 8.79. The Morgan fingerprint density at radius 3 is 2.38 bits per heavy atom. The fourth-order valence-electron chi connectivity index (χ4n) is 0.977. The SMILES string of the molecule is CCNC(=O)C(C)Nc1nc(Cl)nc(Cl)n1. The first-order chi connectivity index (χ1) is 7.52. The van der Waals surface area contributed by atoms with Gasteiger partial charge in [0.2, 0.25) is 22.4 Å². The zero-order chi connectivity index (χ0) is 12.1. The summed E-state index contributed by atoms with van der Waals surface area (Å²) in [5.74, 6) is 0.0129. The Balaban J connectivity index is 2.69. The highest BCUT2D eigenvalue weighted by atomic mass is 35.5. The number of nitrogens with zero attached hydrogens (tertiary/aromatic N) is 3. The molecule has 8 heteroatoms. The number of aromatic nitrogens is 3. The number of likely N-dealkylation sites (N-methyl/N-ethyl adjacent to an activating group) is 1. The number of anilines is 1. The van der Waals surface area contributed by atoms with Gasteiger partial charge in [-0.05, 0) is 37.0 Å². The van der Waals surface area contributed by atoms with Crippen molar-refractivity contribution in [1.82, 2.24) is 20.3 Å². The number of halogens is 2. The van der Waals surface area contributed by atoms with Crippen molar-refractivity contribution < 1.29 is 4.79 Å². The Kier molecular flexibility index (Phi) is 4.70. The van der Waals surface area contributed by atoms with Gasteiger partial charge in [0.1, 0.15) is 6.04 Å². The second-order valence-corrected chi connectivity index (χ2v) is 3.63. The van der Waals surface area contributed by atoms with Crippen LogP contribution in [0.2, 0.25) is 10.6 Å². The molecule has 0 bridgehead atoms. The van der Waals surface area contributed by atoms with Crippen LogP contribution in [-0.2, 0) is 4.79 Å². The van der Waals surface area contributed by atoms with Crippen molar-refractivity contribution in [2.75, 3.05) is 11.9 Å². The Morgan fingerprint density at radius 2 is 1.88 bits per heavy atom. The van der Waals surface area contributed by atoms with Crippen molar-refractivity contribution in [2.24, 2.45) is 0 Å². The summed E-state index contributed by atoms with van der Waals surface area (Å²) in [6.07, 6.45) is 0. The van der Waals surface area contributed by atoms with Crippen molar-refractivity contribution >= 4 is 35.1 Å². The van der Waals surface area contributed by atoms with Crippen LogP contribution in [0.4, 0.5) is 5.95 Å². The highest BCUT2D eigenvalue weighted by Gasteiger charge is 2.13. The number of hydrogen-bond acceptors (Lipinski definition) is 5. The molecule has 1 unspecified atom stereocenters. The van der Waals surface area contributed by atoms with E-state index in [1.165, 1.54) is 0 Å². The Morgan fingerprint density at radius 1 is 1.31 bits per heavy atom. The van der Waals surface area contributed by atoms with E-state index in [1.807, 2.05) is 6.92 Å². The molecule has 1 atom stereocenters. The van der Waals surface area contributed by atoms with Crippen molar-refractivity contribution in [1.29, 1.82) is 0 Å². The molecule has 0 fully saturated rings. The summed E-state index contributed by atoms with van der Waals surface area (Å²) in [4.78, 5) is 22.6. The van der Waals surface area contributed by atoms with Crippen LogP contribution >= 0.6 is 23.2 Å². The topological polar surface area (TPSA) is 79.8 Å². The van der Waals surface area contributed by atoms with Crippen LogP contribution in [0.25, 0.3) is 0 Å². The lowest BCUT2D eigenvalue weighted by Crippen LogP contribution is -2.37. The summed E-state index contributed by atoms with van der Waals surface area (Å²) < 4.78 is 0. The highest BCUT2D eigenvalue weighted by molar-refractivity contribution is 6.31. The first-order valence-corrected chi connectivity index (χ1v) is 5.40. The summed E-state index contributed by atoms with van der Waals surface area (Å²) in [5, 5.41) is 5.38. The Labute approximate surface area is 103 Å². The van der Waals surface area contributed by atoms with Crippen LogP contribution < -0.4 is 10.6 Å². The fraction of sp³-hybridized carbons (Fsp3) is 0.500. The Hall–Kier alpha value is -1.14. The number of nitrogens with one attached hydrogen (secondary N) is 2. The predicted molar refractivity (Wildman–Crippen MR) is 61.6 cm³/mol. The summed E-state index contributed by atoms with van der Waals surface area (Å²) in [6.45, 7) is 4.07. The average molecular weight is 264 g/mol. The molecule has 1 heterocycles. The fourth-order valence-corrected chi connectivity index (χ4v) is 1.34. The molecule has 0 saturated carbocycles. The van der Waals surface area contributed by atoms with E-state index in [2.05, 4.69) is 25.6 Å². The number of rotatable bonds is 4. The number of amides is 1. The molecule has 0 aliphatic heterocycles. The van der Waals surface area contributed by atoms with Gasteiger partial charge in [-0.25, -0.2) is 0 Å². The molecular weight excluding hydrogens is 253 g/mol. The van der Waals surface area contributed by atoms with Gasteiger partial charge in [0.05, 0.1) is 0 Å². The van der Waals surface area contributed by atoms with Gasteiger partial charge in [0, 0.05) is 6.54 Å². The summed E-state index contributed by atoms with van der Waals surface area (Å²) >= 11 is 11.2. The van der Waals surface area contributed by atoms with Crippen molar-refractivity contribution in [3.63, 3.8) is 0 Å². The van der Waals surface area contributed by atoms with Crippen LogP contribution in [0.1, 0.15) is 13.8 Å². The van der Waals surface area contributed by atoms with E-state index >= 15 is 0 Å². The number of carbonyl (C=O) groups is 1. The normalized spacial score (nSPS) is 12.0. The maximum Gasteiger partial charge on any atom is 0.242 e. The molecule has 1 rings (SSSR count). The molecule has 88 valence electrons. The maximum absolute atomic E-state index is 11.4. The predicted octanol–water partition coefficient (Wildman–Crippen LogP) is 1.11. The molecule has 6 nitrogen and oxygen atoms in total. The lowest BCUT2D eigenvalue weighted by molar-refractivity contribution is -0.121. The molecule has 1 aromatic heterocycles. The van der Waals surface area contributed by atoms with E-state index in [9.17, 15) is 4.79 Å². The van der Waals surface area contributed by atoms with E-state index in [-0.39, 0.29) is 22.4 Å². The zero-order valence-corrected chi connectivity index (χ0v) is 10.3. The molecule has 0 radical (unpaired) electrons. The third kappa shape index (κ3) is 3.79. The average Bonchev–Trinajstić information content (AvgIpc) is 2.16. The minimum Gasteiger partial charge on any atom is -0.355 e. The Bertz CT molecular complexity index is 366. The molecule has 0 aliphatic rings. The molecule has 1 aromatic rings. The van der Waals surface area contributed by atoms with Crippen molar-refractivity contribution in [3.05, 3.63) is 10.6 Å². The standard InChI is InChI=1S/C8H11Cl2N5O/c1-3-11-5(16)4(2)12-8-14-6(9)13-7(10)15-8/h4H,3H2,1-2H3,(H,11,16)(H,12,13,14,15). The van der Waals surface area contributed by atoms with Gasteiger partial charge in [0.15, 0.2) is 0 Å². The van der Waals surface area contributed by atoms with Gasteiger partial charge in [-0.2, -0.15) is 15.0 Å². The second-order valence-electron chi connectivity index (χ2n) is 2.96. The third-order valence-corrected chi connectivity index (χ3v) is 2.01. The first-order valence-electron chi connectivity index (χ1n) is 4.64. The van der Waals surface area contributed by atoms with Crippen LogP contribution in [-0.4, -0.2) is 33.4 Å². The van der Waals surface area contributed by atoms with E-state index in [1.54, 1.807) is 6.92 Å². The van der Waals surface area contributed by atoms with Crippen LogP contribution in [0.15, 0.2) is 0 Å². The molecule has 0 aromatic carbocycles. The van der Waals surface area contributed by atoms with Crippen molar-refractivity contribution in [3.8, 4) is 0 Å². The first kappa shape index (κ1) is 12.9. The molecule has 2 N–H and O–H groups in total. The minimum absolute atomic E-state index is 0.0226. The number of hydrogen-bond donors (Lipinski definition) is 2. The lowest BCUT2D eigenvalue weighted by Gasteiger charge is -2.12. The monoisotopic (exact) mass is 263 g/mol. The van der Waals surface area contributed by atoms with Crippen LogP contribution in [0.5, 0.6) is 0 Å². The molecular formula is C8H11Cl2N5O. The maximum atomic E-state index is 11.4. The van der Waals surface area contributed by atoms with E-state index in [0.717, 1.165) is 0 Å². The molecule has 0 saturated heterocycles. The van der Waals surface area contributed by atoms with Gasteiger partial charge in [-0.3, -0.25) is 4.79 Å². The lowest BCUT2D eigenvalue weighted by atomic mass is 10.3. The van der Waals surface area contributed by atoms with Gasteiger partial charge >= 0.3 is 0 Å². The van der Waals surface area contributed by atoms with Crippen LogP contribution in [0, 0.1) is 0 Å². The largest absolute Gasteiger partial charge is 0.355 e. The summed E-state index contributed by atoms with van der Waals surface area (Å²) in [6, 6.07) is -0.477. The highest BCUT2D eigenvalue weighted by Crippen LogP contribution is 2.10. The van der Waals surface area contributed by atoms with E-state index < -0.39 is 6.04 Å². The van der Waals surface area contributed by atoms with Gasteiger partial charge in [-0.1, -0.05) is 0 Å². The van der Waals surface area contributed by atoms with Gasteiger partial charge in [0.25, 0.3) is 0 Å². The van der Waals surface area contributed by atoms with E-state index in [0.29, 0.717) is 6.54 Å². The molecule has 0 aliphatic carbocycles. The molecule has 1 amide bonds. The smallest absolute Gasteiger partial charge is 0.242 e. The van der Waals surface area contributed by atoms with E-state index in [4.69, 9.17) is 23.2 Å². The number of carbonyl (C=O) groups excluding carboxylic acids is 1. The minimum atomic E-state index is -0.477. The van der Waals surface area contributed by atoms with Gasteiger partial charge < -0.3 is 10.6 Å². The van der Waals surface area contributed by atoms with Gasteiger partial charge in [-0.15, -0.1) is 0 Å².